The first-order valence-corrected chi connectivity index (χ1v) is 2.21. The normalized spacial score (nSPS) is 39.4. The van der Waals surface area contributed by atoms with Crippen LogP contribution in [0, 0.1) is 0 Å². The Morgan fingerprint density at radius 2 is 2.38 bits per heavy atom. The van der Waals surface area contributed by atoms with Gasteiger partial charge in [-0.1, -0.05) is 0 Å². The highest BCUT2D eigenvalue weighted by Gasteiger charge is 2.43. The minimum absolute atomic E-state index is 0.0213. The maximum absolute atomic E-state index is 6.80. The van der Waals surface area contributed by atoms with Gasteiger partial charge in [0, 0.05) is 0 Å². The number of quaternary nitrogens is 1. The van der Waals surface area contributed by atoms with Crippen LogP contribution < -0.4 is 22.2 Å². The lowest BCUT2D eigenvalue weighted by molar-refractivity contribution is -0.884. The van der Waals surface area contributed by atoms with Crippen molar-refractivity contribution in [2.24, 2.45) is 11.7 Å². The van der Waals surface area contributed by atoms with Crippen LogP contribution in [-0.2, 0) is 4.74 Å². The monoisotopic (exact) mass is 119 g/mol. The van der Waals surface area contributed by atoms with Crippen molar-refractivity contribution >= 4 is 0 Å². The predicted molar refractivity (Wildman–Crippen MR) is 25.5 cm³/mol. The van der Waals surface area contributed by atoms with E-state index in [2.05, 4.69) is 5.43 Å². The molecule has 48 valence electrons. The van der Waals surface area contributed by atoms with Gasteiger partial charge < -0.3 is 11.0 Å². The Morgan fingerprint density at radius 3 is 2.50 bits per heavy atom. The van der Waals surface area contributed by atoms with E-state index in [1.165, 1.54) is 0 Å². The summed E-state index contributed by atoms with van der Waals surface area (Å²) in [5, 5.41) is 0.0213. The standard InChI is InChI=1S/C2H9N5O/c3-6-1-2(8-1)7(4)5/h1-2,4,6-7H,3,5H2. The van der Waals surface area contributed by atoms with Crippen LogP contribution in [0.5, 0.6) is 0 Å². The predicted octanol–water partition coefficient (Wildman–Crippen LogP) is -3.14. The molecular formula is C2H9N5O. The van der Waals surface area contributed by atoms with E-state index in [0.717, 1.165) is 0 Å². The highest BCUT2D eigenvalue weighted by molar-refractivity contribution is 4.68. The number of hydrogen-bond acceptors (Lipinski definition) is 4. The van der Waals surface area contributed by atoms with Crippen molar-refractivity contribution in [3.8, 4) is 0 Å². The van der Waals surface area contributed by atoms with E-state index in [4.69, 9.17) is 22.3 Å². The van der Waals surface area contributed by atoms with Gasteiger partial charge in [-0.2, -0.15) is 5.84 Å². The molecule has 3 atom stereocenters. The number of epoxide rings is 1. The number of hydrazine groups is 1. The Balaban J connectivity index is 2.16. The van der Waals surface area contributed by atoms with Gasteiger partial charge in [-0.15, -0.1) is 0 Å². The Labute approximate surface area is 46.5 Å². The molecule has 1 aliphatic heterocycles. The maximum atomic E-state index is 6.80. The maximum Gasteiger partial charge on any atom is 0.243 e. The Bertz CT molecular complexity index is 84.5. The van der Waals surface area contributed by atoms with Gasteiger partial charge in [0.1, 0.15) is 0 Å². The quantitative estimate of drug-likeness (QED) is 0.175. The molecule has 0 aliphatic carbocycles. The zero-order valence-electron chi connectivity index (χ0n) is 4.22. The number of nitrogens with two attached hydrogens (primary N) is 2. The first-order valence-electron chi connectivity index (χ1n) is 2.21. The molecule has 0 bridgehead atoms. The summed E-state index contributed by atoms with van der Waals surface area (Å²) in [4.78, 5) is 0. The van der Waals surface area contributed by atoms with Crippen LogP contribution in [0.1, 0.15) is 0 Å². The molecule has 1 rings (SSSR count). The molecule has 1 fully saturated rings. The van der Waals surface area contributed by atoms with Gasteiger partial charge in [0.25, 0.3) is 0 Å². The summed E-state index contributed by atoms with van der Waals surface area (Å²) < 4.78 is 4.74. The van der Waals surface area contributed by atoms with Gasteiger partial charge in [-0.3, -0.25) is 10.6 Å². The van der Waals surface area contributed by atoms with Gasteiger partial charge >= 0.3 is 0 Å². The fourth-order valence-electron chi connectivity index (χ4n) is 0.476. The number of nitrogens with one attached hydrogen (secondary N) is 3. The Hall–Kier alpha value is -0.240. The van der Waals surface area contributed by atoms with E-state index in [-0.39, 0.29) is 17.6 Å². The van der Waals surface area contributed by atoms with Crippen molar-refractivity contribution < 1.29 is 9.85 Å². The van der Waals surface area contributed by atoms with Crippen LogP contribution >= 0.6 is 0 Å². The molecular weight excluding hydrogens is 110 g/mol. The molecule has 0 saturated carbocycles. The van der Waals surface area contributed by atoms with Crippen molar-refractivity contribution in [2.45, 2.75) is 12.5 Å². The van der Waals surface area contributed by atoms with E-state index < -0.39 is 0 Å². The van der Waals surface area contributed by atoms with Crippen molar-refractivity contribution in [3.05, 3.63) is 5.84 Å². The second-order valence-corrected chi connectivity index (χ2v) is 1.60. The van der Waals surface area contributed by atoms with Crippen LogP contribution in [0.4, 0.5) is 0 Å². The molecule has 0 amide bonds. The van der Waals surface area contributed by atoms with Crippen LogP contribution in [0.25, 0.3) is 5.84 Å². The average Bonchev–Trinajstić information content (AvgIpc) is 2.42. The summed E-state index contributed by atoms with van der Waals surface area (Å²) in [7, 11) is 0. The molecule has 3 unspecified atom stereocenters. The summed E-state index contributed by atoms with van der Waals surface area (Å²) in [6, 6.07) is 0. The lowest BCUT2D eigenvalue weighted by Crippen LogP contribution is -3.13. The molecule has 7 N–H and O–H groups in total. The zero-order valence-corrected chi connectivity index (χ0v) is 4.22. The highest BCUT2D eigenvalue weighted by atomic mass is 16.6. The van der Waals surface area contributed by atoms with E-state index in [1.807, 2.05) is 0 Å². The van der Waals surface area contributed by atoms with Crippen molar-refractivity contribution in [3.63, 3.8) is 0 Å². The van der Waals surface area contributed by atoms with E-state index in [9.17, 15) is 0 Å². The van der Waals surface area contributed by atoms with Gasteiger partial charge in [-0.25, -0.2) is 5.43 Å². The Kier molecular flexibility index (Phi) is 1.43. The SMILES string of the molecule is [NH-][NH+](N)C1OC1NN. The minimum atomic E-state index is -0.292. The van der Waals surface area contributed by atoms with Crippen molar-refractivity contribution in [1.29, 1.82) is 0 Å². The second kappa shape index (κ2) is 1.94. The van der Waals surface area contributed by atoms with Crippen molar-refractivity contribution in [2.75, 3.05) is 0 Å². The third kappa shape index (κ3) is 0.944. The second-order valence-electron chi connectivity index (χ2n) is 1.60. The van der Waals surface area contributed by atoms with Crippen molar-refractivity contribution in [1.82, 2.24) is 5.43 Å². The lowest BCUT2D eigenvalue weighted by Gasteiger charge is -2.08. The van der Waals surface area contributed by atoms with E-state index >= 15 is 0 Å². The molecule has 0 radical (unpaired) electrons. The topological polar surface area (TPSA) is 105 Å². The highest BCUT2D eigenvalue weighted by Crippen LogP contribution is 2.09. The molecule has 6 heteroatoms. The molecule has 0 aromatic heterocycles. The average molecular weight is 119 g/mol. The van der Waals surface area contributed by atoms with Crippen LogP contribution in [0.3, 0.4) is 0 Å². The molecule has 1 saturated heterocycles. The summed E-state index contributed by atoms with van der Waals surface area (Å²) in [6.45, 7) is 0. The molecule has 1 aliphatic rings. The molecule has 1 heterocycles. The van der Waals surface area contributed by atoms with Crippen LogP contribution in [0.2, 0.25) is 0 Å². The number of rotatable bonds is 2. The molecule has 6 nitrogen and oxygen atoms in total. The fraction of sp³-hybridized carbons (Fsp3) is 1.00. The summed E-state index contributed by atoms with van der Waals surface area (Å²) in [6.07, 6.45) is -0.521. The number of ether oxygens (including phenoxy) is 1. The third-order valence-corrected chi connectivity index (χ3v) is 0.962. The summed E-state index contributed by atoms with van der Waals surface area (Å²) in [5.74, 6) is 16.8. The largest absolute Gasteiger partial charge is 0.446 e. The summed E-state index contributed by atoms with van der Waals surface area (Å²) in [5.41, 5.74) is 2.33. The molecule has 0 spiro atoms. The van der Waals surface area contributed by atoms with Gasteiger partial charge in [0.05, 0.1) is 0 Å². The first kappa shape index (κ1) is 5.89. The molecule has 8 heavy (non-hydrogen) atoms. The minimum Gasteiger partial charge on any atom is -0.446 e. The lowest BCUT2D eigenvalue weighted by atomic mass is 10.7. The van der Waals surface area contributed by atoms with Crippen LogP contribution in [-0.4, -0.2) is 12.5 Å². The Morgan fingerprint density at radius 1 is 1.75 bits per heavy atom. The van der Waals surface area contributed by atoms with Gasteiger partial charge in [-0.05, 0) is 0 Å². The fourth-order valence-corrected chi connectivity index (χ4v) is 0.476. The number of hydrogen-bond donors (Lipinski definition) is 4. The van der Waals surface area contributed by atoms with Gasteiger partial charge in [0.15, 0.2) is 0 Å². The summed E-state index contributed by atoms with van der Waals surface area (Å²) >= 11 is 0. The van der Waals surface area contributed by atoms with Gasteiger partial charge in [0.2, 0.25) is 12.5 Å². The van der Waals surface area contributed by atoms with E-state index in [0.29, 0.717) is 0 Å². The molecule has 0 aromatic rings. The van der Waals surface area contributed by atoms with Crippen LogP contribution in [0.15, 0.2) is 0 Å². The zero-order chi connectivity index (χ0) is 6.15. The molecule has 0 aromatic carbocycles. The smallest absolute Gasteiger partial charge is 0.243 e. The first-order chi connectivity index (χ1) is 3.75. The van der Waals surface area contributed by atoms with E-state index in [1.54, 1.807) is 0 Å². The third-order valence-electron chi connectivity index (χ3n) is 0.962.